The summed E-state index contributed by atoms with van der Waals surface area (Å²) in [5.74, 6) is 1.82. The van der Waals surface area contributed by atoms with Gasteiger partial charge < -0.3 is 24.8 Å². The van der Waals surface area contributed by atoms with Crippen molar-refractivity contribution in [3.05, 3.63) is 29.3 Å². The van der Waals surface area contributed by atoms with Crippen LogP contribution in [0.1, 0.15) is 37.3 Å². The van der Waals surface area contributed by atoms with E-state index in [1.54, 1.807) is 7.11 Å². The van der Waals surface area contributed by atoms with Crippen molar-refractivity contribution in [1.29, 1.82) is 0 Å². The topological polar surface area (TPSA) is 66.3 Å². The molecule has 0 bridgehead atoms. The summed E-state index contributed by atoms with van der Waals surface area (Å²) in [4.78, 5) is 7.18. The van der Waals surface area contributed by atoms with Crippen molar-refractivity contribution in [1.82, 2.24) is 10.2 Å². The highest BCUT2D eigenvalue weighted by molar-refractivity contribution is 14.0. The molecule has 0 radical (unpaired) electrons. The number of methoxy groups -OCH3 is 1. The summed E-state index contributed by atoms with van der Waals surface area (Å²) in [6.45, 7) is 8.68. The fourth-order valence-electron chi connectivity index (χ4n) is 4.10. The maximum Gasteiger partial charge on any atom is 0.194 e. The Balaban J connectivity index is 0.00000280. The molecule has 2 aliphatic rings. The molecule has 2 aliphatic heterocycles. The van der Waals surface area contributed by atoms with E-state index in [9.17, 15) is 5.11 Å². The smallest absolute Gasteiger partial charge is 0.194 e. The zero-order valence-corrected chi connectivity index (χ0v) is 19.6. The molecule has 2 heterocycles. The predicted molar refractivity (Wildman–Crippen MR) is 123 cm³/mol. The number of hydrogen-bond acceptors (Lipinski definition) is 4. The van der Waals surface area contributed by atoms with Crippen LogP contribution in [0.5, 0.6) is 5.75 Å². The quantitative estimate of drug-likeness (QED) is 0.368. The summed E-state index contributed by atoms with van der Waals surface area (Å²) >= 11 is 0. The summed E-state index contributed by atoms with van der Waals surface area (Å²) in [5, 5.41) is 13.3. The molecule has 2 fully saturated rings. The zero-order chi connectivity index (χ0) is 19.3. The van der Waals surface area contributed by atoms with E-state index in [4.69, 9.17) is 14.5 Å². The maximum absolute atomic E-state index is 9.90. The molecule has 0 aromatic heterocycles. The fraction of sp³-hybridized carbons (Fsp3) is 0.667. The summed E-state index contributed by atoms with van der Waals surface area (Å²) in [6, 6.07) is 6.40. The summed E-state index contributed by atoms with van der Waals surface area (Å²) in [6.07, 6.45) is 2.40. The van der Waals surface area contributed by atoms with Crippen LogP contribution < -0.4 is 10.1 Å². The van der Waals surface area contributed by atoms with Gasteiger partial charge in [0.25, 0.3) is 0 Å². The van der Waals surface area contributed by atoms with E-state index in [0.29, 0.717) is 13.1 Å². The largest absolute Gasteiger partial charge is 0.496 e. The SMILES string of the molecule is CCNC(=NCC1(c2cc(C)ccc2OC)CCOCC1)N1CC[C@@H](O)C1.I. The van der Waals surface area contributed by atoms with Crippen LogP contribution in [-0.4, -0.2) is 68.6 Å². The van der Waals surface area contributed by atoms with E-state index in [-0.39, 0.29) is 35.5 Å². The molecule has 6 nitrogen and oxygen atoms in total. The molecule has 0 spiro atoms. The summed E-state index contributed by atoms with van der Waals surface area (Å²) < 4.78 is 11.4. The van der Waals surface area contributed by atoms with Gasteiger partial charge in [-0.05, 0) is 39.2 Å². The number of aliphatic hydroxyl groups excluding tert-OH is 1. The Kier molecular flexibility index (Phi) is 8.82. The molecule has 0 amide bonds. The molecule has 7 heteroatoms. The highest BCUT2D eigenvalue weighted by Gasteiger charge is 2.37. The van der Waals surface area contributed by atoms with Gasteiger partial charge in [0.05, 0.1) is 19.8 Å². The van der Waals surface area contributed by atoms with Crippen LogP contribution in [0.3, 0.4) is 0 Å². The van der Waals surface area contributed by atoms with Crippen molar-refractivity contribution in [2.75, 3.05) is 46.5 Å². The van der Waals surface area contributed by atoms with Crippen molar-refractivity contribution in [2.24, 2.45) is 4.99 Å². The minimum Gasteiger partial charge on any atom is -0.496 e. The molecule has 1 atom stereocenters. The minimum atomic E-state index is -0.261. The van der Waals surface area contributed by atoms with E-state index >= 15 is 0 Å². The van der Waals surface area contributed by atoms with Crippen LogP contribution in [0, 0.1) is 6.92 Å². The van der Waals surface area contributed by atoms with E-state index < -0.39 is 0 Å². The van der Waals surface area contributed by atoms with Crippen molar-refractivity contribution in [2.45, 2.75) is 44.6 Å². The van der Waals surface area contributed by atoms with Gasteiger partial charge in [-0.3, -0.25) is 4.99 Å². The Morgan fingerprint density at radius 2 is 2.14 bits per heavy atom. The highest BCUT2D eigenvalue weighted by atomic mass is 127. The molecule has 0 saturated carbocycles. The van der Waals surface area contributed by atoms with Gasteiger partial charge >= 0.3 is 0 Å². The standard InChI is InChI=1S/C21H33N3O3.HI/c1-4-22-20(24-10-7-17(25)14-24)23-15-21(8-11-27-12-9-21)18-13-16(2)5-6-19(18)26-3;/h5-6,13,17,25H,4,7-12,14-15H2,1-3H3,(H,22,23);1H/t17-;/m1./s1. The Morgan fingerprint density at radius 3 is 2.75 bits per heavy atom. The van der Waals surface area contributed by atoms with Crippen molar-refractivity contribution in [3.63, 3.8) is 0 Å². The number of β-amino-alcohol motifs (C(OH)–C–C–N with tert-alkyl or cyclic N) is 1. The number of ether oxygens (including phenoxy) is 2. The second-order valence-electron chi connectivity index (χ2n) is 7.66. The van der Waals surface area contributed by atoms with Gasteiger partial charge in [0.2, 0.25) is 0 Å². The number of nitrogens with zero attached hydrogens (tertiary/aromatic N) is 2. The maximum atomic E-state index is 9.90. The second-order valence-corrected chi connectivity index (χ2v) is 7.66. The molecule has 2 saturated heterocycles. The Labute approximate surface area is 185 Å². The number of rotatable bonds is 5. The van der Waals surface area contributed by atoms with Gasteiger partial charge in [-0.25, -0.2) is 0 Å². The summed E-state index contributed by atoms with van der Waals surface area (Å²) in [7, 11) is 1.74. The monoisotopic (exact) mass is 503 g/mol. The lowest BCUT2D eigenvalue weighted by Gasteiger charge is -2.38. The number of aliphatic hydroxyl groups is 1. The van der Waals surface area contributed by atoms with Crippen molar-refractivity contribution in [3.8, 4) is 5.75 Å². The molecule has 3 rings (SSSR count). The lowest BCUT2D eigenvalue weighted by atomic mass is 9.73. The van der Waals surface area contributed by atoms with E-state index in [1.807, 2.05) is 0 Å². The van der Waals surface area contributed by atoms with Crippen LogP contribution in [0.4, 0.5) is 0 Å². The van der Waals surface area contributed by atoms with E-state index in [2.05, 4.69) is 42.3 Å². The van der Waals surface area contributed by atoms with Crippen LogP contribution >= 0.6 is 24.0 Å². The predicted octanol–water partition coefficient (Wildman–Crippen LogP) is 2.70. The number of likely N-dealkylation sites (tertiary alicyclic amines) is 1. The van der Waals surface area contributed by atoms with Crippen LogP contribution in [-0.2, 0) is 10.2 Å². The molecule has 2 N–H and O–H groups in total. The van der Waals surface area contributed by atoms with Crippen molar-refractivity contribution < 1.29 is 14.6 Å². The first kappa shape index (κ1) is 23.2. The Morgan fingerprint density at radius 1 is 1.39 bits per heavy atom. The highest BCUT2D eigenvalue weighted by Crippen LogP contribution is 2.40. The lowest BCUT2D eigenvalue weighted by molar-refractivity contribution is 0.0522. The minimum absolute atomic E-state index is 0. The molecule has 1 aromatic carbocycles. The molecule has 0 aliphatic carbocycles. The average molecular weight is 503 g/mol. The first-order valence-corrected chi connectivity index (χ1v) is 10.0. The second kappa shape index (κ2) is 10.6. The molecule has 0 unspecified atom stereocenters. The van der Waals surface area contributed by atoms with Gasteiger partial charge in [-0.2, -0.15) is 0 Å². The number of benzene rings is 1. The third-order valence-corrected chi connectivity index (χ3v) is 5.71. The van der Waals surface area contributed by atoms with Gasteiger partial charge in [0.15, 0.2) is 5.96 Å². The number of guanidine groups is 1. The molecule has 28 heavy (non-hydrogen) atoms. The van der Waals surface area contributed by atoms with Crippen molar-refractivity contribution >= 4 is 29.9 Å². The molecule has 1 aromatic rings. The zero-order valence-electron chi connectivity index (χ0n) is 17.2. The number of aryl methyl sites for hydroxylation is 1. The van der Waals surface area contributed by atoms with Gasteiger partial charge in [-0.15, -0.1) is 24.0 Å². The first-order valence-electron chi connectivity index (χ1n) is 10.0. The summed E-state index contributed by atoms with van der Waals surface area (Å²) in [5.41, 5.74) is 2.37. The number of nitrogens with one attached hydrogen (secondary N) is 1. The average Bonchev–Trinajstić information content (AvgIpc) is 3.12. The number of aliphatic imine (C=N–C) groups is 1. The fourth-order valence-corrected chi connectivity index (χ4v) is 4.10. The van der Waals surface area contributed by atoms with Crippen LogP contribution in [0.15, 0.2) is 23.2 Å². The first-order chi connectivity index (χ1) is 13.1. The molecule has 158 valence electrons. The van der Waals surface area contributed by atoms with Crippen LogP contribution in [0.2, 0.25) is 0 Å². The number of hydrogen-bond donors (Lipinski definition) is 2. The molecular formula is C21H34IN3O3. The van der Waals surface area contributed by atoms with Gasteiger partial charge in [-0.1, -0.05) is 17.7 Å². The third-order valence-electron chi connectivity index (χ3n) is 5.71. The number of halogens is 1. The molecular weight excluding hydrogens is 469 g/mol. The normalized spacial score (nSPS) is 21.9. The Hall–Kier alpha value is -1.06. The third kappa shape index (κ3) is 5.30. The lowest BCUT2D eigenvalue weighted by Crippen LogP contribution is -2.43. The van der Waals surface area contributed by atoms with Gasteiger partial charge in [0.1, 0.15) is 5.75 Å². The van der Waals surface area contributed by atoms with Crippen LogP contribution in [0.25, 0.3) is 0 Å². The van der Waals surface area contributed by atoms with E-state index in [1.165, 1.54) is 11.1 Å². The van der Waals surface area contributed by atoms with Gasteiger partial charge in [0, 0.05) is 43.8 Å². The Bertz CT molecular complexity index is 662. The van der Waals surface area contributed by atoms with E-state index in [0.717, 1.165) is 57.3 Å².